The Balaban J connectivity index is 1.77. The van der Waals surface area contributed by atoms with Gasteiger partial charge in [0.2, 0.25) is 0 Å². The molecule has 1 aromatic heterocycles. The van der Waals surface area contributed by atoms with E-state index in [1.165, 1.54) is 37.9 Å². The number of benzene rings is 1. The molecule has 0 fully saturated rings. The molecule has 0 spiro atoms. The molecule has 3 nitrogen and oxygen atoms in total. The van der Waals surface area contributed by atoms with Gasteiger partial charge in [0.15, 0.2) is 0 Å². The molecule has 1 unspecified atom stereocenters. The average Bonchev–Trinajstić information content (AvgIpc) is 3.10. The van der Waals surface area contributed by atoms with E-state index in [4.69, 9.17) is 16.3 Å². The van der Waals surface area contributed by atoms with Crippen LogP contribution in [0.5, 0.6) is 5.75 Å². The van der Waals surface area contributed by atoms with Gasteiger partial charge < -0.3 is 9.30 Å². The van der Waals surface area contributed by atoms with Crippen LogP contribution < -0.4 is 4.74 Å². The first-order valence-corrected chi connectivity index (χ1v) is 10.2. The van der Waals surface area contributed by atoms with E-state index in [0.29, 0.717) is 11.9 Å². The van der Waals surface area contributed by atoms with Crippen molar-refractivity contribution >= 4 is 23.4 Å². The Morgan fingerprint density at radius 1 is 1.17 bits per heavy atom. The van der Waals surface area contributed by atoms with Gasteiger partial charge in [0.05, 0.1) is 11.6 Å². The second kappa shape index (κ2) is 11.4. The van der Waals surface area contributed by atoms with Crippen LogP contribution in [0.4, 0.5) is 0 Å². The fraction of sp³-hybridized carbons (Fsp3) is 0.526. The molecule has 0 amide bonds. The van der Waals surface area contributed by atoms with Crippen molar-refractivity contribution in [3.63, 3.8) is 0 Å². The summed E-state index contributed by atoms with van der Waals surface area (Å²) in [5.74, 6) is 2.06. The smallest absolute Gasteiger partial charge is 0.119 e. The molecular weight excluding hydrogens is 340 g/mol. The molecule has 2 rings (SSSR count). The average molecular weight is 367 g/mol. The highest BCUT2D eigenvalue weighted by Crippen LogP contribution is 2.20. The first-order chi connectivity index (χ1) is 11.8. The number of hydrogen-bond acceptors (Lipinski definition) is 3. The second-order valence-corrected chi connectivity index (χ2v) is 7.78. The van der Waals surface area contributed by atoms with Gasteiger partial charge in [-0.2, -0.15) is 11.8 Å². The molecule has 0 N–H and O–H groups in total. The Labute approximate surface area is 154 Å². The van der Waals surface area contributed by atoms with E-state index in [1.54, 1.807) is 0 Å². The van der Waals surface area contributed by atoms with Gasteiger partial charge in [0.25, 0.3) is 0 Å². The van der Waals surface area contributed by atoms with Gasteiger partial charge in [-0.25, -0.2) is 4.98 Å². The highest BCUT2D eigenvalue weighted by Gasteiger charge is 2.11. The molecule has 0 saturated heterocycles. The summed E-state index contributed by atoms with van der Waals surface area (Å²) >= 11 is 7.92. The summed E-state index contributed by atoms with van der Waals surface area (Å²) in [5.41, 5.74) is 0. The largest absolute Gasteiger partial charge is 0.492 e. The number of imidazole rings is 1. The summed E-state index contributed by atoms with van der Waals surface area (Å²) in [5, 5.41) is 1.15. The van der Waals surface area contributed by atoms with Crippen LogP contribution in [0.3, 0.4) is 0 Å². The van der Waals surface area contributed by atoms with Crippen molar-refractivity contribution in [3.8, 4) is 5.75 Å². The zero-order valence-electron chi connectivity index (χ0n) is 14.4. The van der Waals surface area contributed by atoms with Crippen molar-refractivity contribution in [2.75, 3.05) is 12.4 Å². The fourth-order valence-corrected chi connectivity index (χ4v) is 3.73. The molecule has 0 bridgehead atoms. The van der Waals surface area contributed by atoms with Crippen LogP contribution in [0.25, 0.3) is 0 Å². The second-order valence-electron chi connectivity index (χ2n) is 5.93. The summed E-state index contributed by atoms with van der Waals surface area (Å²) in [7, 11) is 0. The first kappa shape index (κ1) is 19.2. The summed E-state index contributed by atoms with van der Waals surface area (Å²) in [6.07, 6.45) is 12.3. The lowest BCUT2D eigenvalue weighted by Crippen LogP contribution is -2.21. The lowest BCUT2D eigenvalue weighted by atomic mass is 10.2. The highest BCUT2D eigenvalue weighted by atomic mass is 35.5. The topological polar surface area (TPSA) is 27.1 Å². The molecule has 0 saturated carbocycles. The predicted molar refractivity (Wildman–Crippen MR) is 104 cm³/mol. The van der Waals surface area contributed by atoms with Crippen molar-refractivity contribution in [1.29, 1.82) is 0 Å². The standard InChI is InChI=1S/C19H27ClN2OS/c1-2-3-4-5-6-13-24-19(14-22-12-11-21-16-22)15-23-18-9-7-17(20)8-10-18/h7-12,16,19H,2-6,13-15H2,1H3. The Kier molecular flexibility index (Phi) is 9.14. The third kappa shape index (κ3) is 7.63. The molecule has 0 aliphatic rings. The van der Waals surface area contributed by atoms with E-state index in [2.05, 4.69) is 16.5 Å². The third-order valence-corrected chi connectivity index (χ3v) is 5.36. The van der Waals surface area contributed by atoms with Crippen molar-refractivity contribution in [1.82, 2.24) is 9.55 Å². The van der Waals surface area contributed by atoms with Gasteiger partial charge in [-0.1, -0.05) is 44.2 Å². The Hall–Kier alpha value is -1.13. The van der Waals surface area contributed by atoms with Crippen LogP contribution in [0.15, 0.2) is 43.0 Å². The quantitative estimate of drug-likeness (QED) is 0.451. The summed E-state index contributed by atoms with van der Waals surface area (Å²) in [6.45, 7) is 3.87. The van der Waals surface area contributed by atoms with Crippen LogP contribution in [-0.4, -0.2) is 27.2 Å². The molecule has 5 heteroatoms. The van der Waals surface area contributed by atoms with Crippen LogP contribution in [0.2, 0.25) is 5.02 Å². The molecule has 2 aromatic rings. The molecular formula is C19H27ClN2OS. The van der Waals surface area contributed by atoms with Gasteiger partial charge >= 0.3 is 0 Å². The third-order valence-electron chi connectivity index (χ3n) is 3.82. The lowest BCUT2D eigenvalue weighted by Gasteiger charge is -2.18. The maximum absolute atomic E-state index is 5.95. The molecule has 0 aliphatic carbocycles. The van der Waals surface area contributed by atoms with E-state index in [9.17, 15) is 0 Å². The van der Waals surface area contributed by atoms with Crippen molar-refractivity contribution in [2.45, 2.75) is 50.8 Å². The van der Waals surface area contributed by atoms with Gasteiger partial charge in [0, 0.05) is 24.0 Å². The van der Waals surface area contributed by atoms with E-state index in [-0.39, 0.29) is 0 Å². The number of ether oxygens (including phenoxy) is 1. The number of unbranched alkanes of at least 4 members (excludes halogenated alkanes) is 4. The maximum atomic E-state index is 5.95. The van der Waals surface area contributed by atoms with Crippen molar-refractivity contribution in [2.24, 2.45) is 0 Å². The van der Waals surface area contributed by atoms with E-state index in [1.807, 2.05) is 54.7 Å². The summed E-state index contributed by atoms with van der Waals surface area (Å²) in [4.78, 5) is 4.13. The van der Waals surface area contributed by atoms with Gasteiger partial charge in [-0.3, -0.25) is 0 Å². The molecule has 0 aliphatic heterocycles. The molecule has 1 heterocycles. The molecule has 24 heavy (non-hydrogen) atoms. The number of halogens is 1. The lowest BCUT2D eigenvalue weighted by molar-refractivity contribution is 0.308. The number of nitrogens with zero attached hydrogens (tertiary/aromatic N) is 2. The van der Waals surface area contributed by atoms with Crippen LogP contribution >= 0.6 is 23.4 Å². The minimum Gasteiger partial charge on any atom is -0.492 e. The normalized spacial score (nSPS) is 12.2. The van der Waals surface area contributed by atoms with Crippen LogP contribution in [0, 0.1) is 0 Å². The summed E-state index contributed by atoms with van der Waals surface area (Å²) < 4.78 is 8.08. The predicted octanol–water partition coefficient (Wildman–Crippen LogP) is 5.69. The van der Waals surface area contributed by atoms with E-state index in [0.717, 1.165) is 17.3 Å². The summed E-state index contributed by atoms with van der Waals surface area (Å²) in [6, 6.07) is 7.57. The zero-order chi connectivity index (χ0) is 17.0. The van der Waals surface area contributed by atoms with Gasteiger partial charge in [-0.05, 0) is 36.4 Å². The zero-order valence-corrected chi connectivity index (χ0v) is 15.9. The monoisotopic (exact) mass is 366 g/mol. The van der Waals surface area contributed by atoms with Crippen LogP contribution in [-0.2, 0) is 6.54 Å². The van der Waals surface area contributed by atoms with E-state index < -0.39 is 0 Å². The number of thioether (sulfide) groups is 1. The number of aromatic nitrogens is 2. The minimum absolute atomic E-state index is 0.418. The Bertz CT molecular complexity index is 545. The first-order valence-electron chi connectivity index (χ1n) is 8.73. The SMILES string of the molecule is CCCCCCCSC(COc1ccc(Cl)cc1)Cn1ccnc1. The van der Waals surface area contributed by atoms with E-state index >= 15 is 0 Å². The highest BCUT2D eigenvalue weighted by molar-refractivity contribution is 7.99. The maximum Gasteiger partial charge on any atom is 0.119 e. The van der Waals surface area contributed by atoms with Crippen molar-refractivity contribution < 1.29 is 4.74 Å². The number of rotatable bonds is 12. The van der Waals surface area contributed by atoms with Gasteiger partial charge in [0.1, 0.15) is 12.4 Å². The van der Waals surface area contributed by atoms with Crippen molar-refractivity contribution in [3.05, 3.63) is 48.0 Å². The fourth-order valence-electron chi connectivity index (χ4n) is 2.46. The number of hydrogen-bond donors (Lipinski definition) is 0. The molecule has 1 atom stereocenters. The molecule has 0 radical (unpaired) electrons. The Morgan fingerprint density at radius 2 is 1.96 bits per heavy atom. The van der Waals surface area contributed by atoms with Gasteiger partial charge in [-0.15, -0.1) is 0 Å². The minimum atomic E-state index is 0.418. The molecule has 132 valence electrons. The Morgan fingerprint density at radius 3 is 2.67 bits per heavy atom. The molecule has 1 aromatic carbocycles. The van der Waals surface area contributed by atoms with Crippen LogP contribution in [0.1, 0.15) is 39.0 Å².